The minimum atomic E-state index is -1.28. The van der Waals surface area contributed by atoms with Crippen molar-refractivity contribution in [1.29, 1.82) is 0 Å². The average Bonchev–Trinajstić information content (AvgIpc) is 2.61. The summed E-state index contributed by atoms with van der Waals surface area (Å²) < 4.78 is 30.4. The molecule has 24 heavy (non-hydrogen) atoms. The molecule has 136 valence electrons. The normalized spacial score (nSPS) is 24.2. The number of rotatable bonds is 10. The van der Waals surface area contributed by atoms with E-state index in [0.29, 0.717) is 63.6 Å². The van der Waals surface area contributed by atoms with E-state index in [2.05, 4.69) is 9.97 Å². The van der Waals surface area contributed by atoms with Gasteiger partial charge in [-0.2, -0.15) is 0 Å². The summed E-state index contributed by atoms with van der Waals surface area (Å²) in [4.78, 5) is 8.60. The molecule has 0 bridgehead atoms. The molecule has 6 nitrogen and oxygen atoms in total. The van der Waals surface area contributed by atoms with Gasteiger partial charge in [-0.15, -0.1) is 0 Å². The number of ether oxygens (including phenoxy) is 3. The van der Waals surface area contributed by atoms with Crippen molar-refractivity contribution in [2.45, 2.75) is 43.9 Å². The van der Waals surface area contributed by atoms with Crippen LogP contribution in [-0.4, -0.2) is 60.9 Å². The van der Waals surface area contributed by atoms with Gasteiger partial charge in [0.2, 0.25) is 0 Å². The third-order valence-electron chi connectivity index (χ3n) is 4.31. The number of nitrogens with zero attached hydrogens (tertiary/aromatic N) is 2. The van der Waals surface area contributed by atoms with Crippen LogP contribution in [0.25, 0.3) is 0 Å². The molecule has 1 aromatic heterocycles. The van der Waals surface area contributed by atoms with Gasteiger partial charge >= 0.3 is 0 Å². The van der Waals surface area contributed by atoms with Crippen molar-refractivity contribution in [2.24, 2.45) is 0 Å². The van der Waals surface area contributed by atoms with Gasteiger partial charge in [-0.25, -0.2) is 14.4 Å². The number of aliphatic hydroxyl groups excluding tert-OH is 1. The maximum Gasteiger partial charge on any atom is 0.134 e. The third kappa shape index (κ3) is 6.05. The molecule has 0 spiro atoms. The fourth-order valence-corrected chi connectivity index (χ4v) is 2.85. The van der Waals surface area contributed by atoms with E-state index in [4.69, 9.17) is 19.3 Å². The number of halogens is 1. The Balaban J connectivity index is 1.69. The van der Waals surface area contributed by atoms with Gasteiger partial charge in [0.15, 0.2) is 0 Å². The zero-order valence-electron chi connectivity index (χ0n) is 14.2. The summed E-state index contributed by atoms with van der Waals surface area (Å²) in [5.41, 5.74) is -0.675. The molecule has 1 N–H and O–H groups in total. The van der Waals surface area contributed by atoms with Crippen molar-refractivity contribution in [3.05, 3.63) is 23.8 Å². The van der Waals surface area contributed by atoms with Crippen molar-refractivity contribution in [2.75, 3.05) is 40.1 Å². The lowest BCUT2D eigenvalue weighted by Crippen LogP contribution is -2.34. The fourth-order valence-electron chi connectivity index (χ4n) is 2.85. The molecular formula is C17H27FN2O4. The van der Waals surface area contributed by atoms with E-state index in [1.54, 1.807) is 19.4 Å². The Kier molecular flexibility index (Phi) is 7.98. The Morgan fingerprint density at radius 3 is 2.62 bits per heavy atom. The first-order chi connectivity index (χ1) is 11.7. The molecule has 1 saturated carbocycles. The van der Waals surface area contributed by atoms with Gasteiger partial charge in [-0.1, -0.05) is 0 Å². The minimum absolute atomic E-state index is 0.102. The van der Waals surface area contributed by atoms with Crippen molar-refractivity contribution < 1.29 is 23.7 Å². The number of aromatic nitrogens is 2. The molecule has 1 aliphatic carbocycles. The lowest BCUT2D eigenvalue weighted by Gasteiger charge is -2.33. The van der Waals surface area contributed by atoms with E-state index < -0.39 is 5.67 Å². The largest absolute Gasteiger partial charge is 0.390 e. The second-order valence-corrected chi connectivity index (χ2v) is 6.15. The second-order valence-electron chi connectivity index (χ2n) is 6.15. The highest BCUT2D eigenvalue weighted by Gasteiger charge is 2.36. The van der Waals surface area contributed by atoms with Crippen LogP contribution in [0.1, 0.15) is 43.1 Å². The van der Waals surface area contributed by atoms with Crippen LogP contribution >= 0.6 is 0 Å². The first-order valence-electron chi connectivity index (χ1n) is 8.43. The molecule has 0 atom stereocenters. The van der Waals surface area contributed by atoms with E-state index in [1.165, 1.54) is 0 Å². The van der Waals surface area contributed by atoms with Crippen molar-refractivity contribution >= 4 is 0 Å². The molecule has 0 radical (unpaired) electrons. The van der Waals surface area contributed by atoms with Crippen molar-refractivity contribution in [3.63, 3.8) is 0 Å². The molecule has 0 unspecified atom stereocenters. The van der Waals surface area contributed by atoms with Crippen molar-refractivity contribution in [1.82, 2.24) is 9.97 Å². The fraction of sp³-hybridized carbons (Fsp3) is 0.765. The maximum absolute atomic E-state index is 14.8. The van der Waals surface area contributed by atoms with Gasteiger partial charge in [0.05, 0.1) is 45.3 Å². The van der Waals surface area contributed by atoms with Gasteiger partial charge in [-0.3, -0.25) is 0 Å². The standard InChI is InChI=1S/C17H27FN2O4/c1-22-8-9-23-10-11-24-13-17(18)5-2-14(3-6-17)16-19-7-4-15(12-21)20-16/h4,7,14,21H,2-3,5-6,8-13H2,1H3/t14-,17-. The highest BCUT2D eigenvalue weighted by molar-refractivity contribution is 5.07. The Morgan fingerprint density at radius 2 is 1.92 bits per heavy atom. The van der Waals surface area contributed by atoms with Crippen LogP contribution < -0.4 is 0 Å². The van der Waals surface area contributed by atoms with Crippen LogP contribution in [0.15, 0.2) is 12.3 Å². The molecule has 0 saturated heterocycles. The van der Waals surface area contributed by atoms with E-state index in [-0.39, 0.29) is 19.1 Å². The smallest absolute Gasteiger partial charge is 0.134 e. The van der Waals surface area contributed by atoms with Crippen LogP contribution in [0.4, 0.5) is 4.39 Å². The summed E-state index contributed by atoms with van der Waals surface area (Å²) in [6, 6.07) is 1.69. The number of aliphatic hydroxyl groups is 1. The predicted molar refractivity (Wildman–Crippen MR) is 86.5 cm³/mol. The molecule has 0 aromatic carbocycles. The molecule has 2 rings (SSSR count). The highest BCUT2D eigenvalue weighted by atomic mass is 19.1. The Labute approximate surface area is 142 Å². The van der Waals surface area contributed by atoms with E-state index in [0.717, 1.165) is 0 Å². The molecule has 1 heterocycles. The van der Waals surface area contributed by atoms with Crippen LogP contribution in [0.3, 0.4) is 0 Å². The average molecular weight is 342 g/mol. The Bertz CT molecular complexity index is 481. The molecule has 1 aliphatic rings. The molecule has 0 amide bonds. The number of hydrogen-bond acceptors (Lipinski definition) is 6. The summed E-state index contributed by atoms with van der Waals surface area (Å²) in [6.07, 6.45) is 3.92. The second kappa shape index (κ2) is 9.98. The summed E-state index contributed by atoms with van der Waals surface area (Å²) in [5.74, 6) is 0.855. The van der Waals surface area contributed by atoms with Crippen molar-refractivity contribution in [3.8, 4) is 0 Å². The van der Waals surface area contributed by atoms with Gasteiger partial charge in [-0.05, 0) is 31.7 Å². The van der Waals surface area contributed by atoms with Gasteiger partial charge in [0.1, 0.15) is 11.5 Å². The van der Waals surface area contributed by atoms with Gasteiger partial charge < -0.3 is 19.3 Å². The Morgan fingerprint density at radius 1 is 1.21 bits per heavy atom. The predicted octanol–water partition coefficient (Wildman–Crippen LogP) is 2.01. The topological polar surface area (TPSA) is 73.7 Å². The lowest BCUT2D eigenvalue weighted by molar-refractivity contribution is -0.0344. The van der Waals surface area contributed by atoms with Crippen LogP contribution in [0.5, 0.6) is 0 Å². The third-order valence-corrected chi connectivity index (χ3v) is 4.31. The number of methoxy groups -OCH3 is 1. The first-order valence-corrected chi connectivity index (χ1v) is 8.43. The molecule has 1 aromatic rings. The first kappa shape index (κ1) is 19.2. The lowest BCUT2D eigenvalue weighted by atomic mass is 9.80. The summed E-state index contributed by atoms with van der Waals surface area (Å²) >= 11 is 0. The van der Waals surface area contributed by atoms with E-state index >= 15 is 0 Å². The summed E-state index contributed by atoms with van der Waals surface area (Å²) in [7, 11) is 1.62. The van der Waals surface area contributed by atoms with Gasteiger partial charge in [0.25, 0.3) is 0 Å². The monoisotopic (exact) mass is 342 g/mol. The van der Waals surface area contributed by atoms with E-state index in [1.807, 2.05) is 0 Å². The van der Waals surface area contributed by atoms with Crippen LogP contribution in [-0.2, 0) is 20.8 Å². The Hall–Kier alpha value is -1.15. The molecule has 0 aliphatic heterocycles. The zero-order chi connectivity index (χ0) is 17.3. The van der Waals surface area contributed by atoms with E-state index in [9.17, 15) is 4.39 Å². The summed E-state index contributed by atoms with van der Waals surface area (Å²) in [6.45, 7) is 1.91. The maximum atomic E-state index is 14.8. The quantitative estimate of drug-likeness (QED) is 0.656. The number of alkyl halides is 1. The minimum Gasteiger partial charge on any atom is -0.390 e. The van der Waals surface area contributed by atoms with Crippen LogP contribution in [0.2, 0.25) is 0 Å². The SMILES string of the molecule is COCCOCCOC[C@]1(F)CC[C@H](c2nccc(CO)n2)CC1. The molecule has 7 heteroatoms. The molecule has 1 fully saturated rings. The van der Waals surface area contributed by atoms with Gasteiger partial charge in [0, 0.05) is 19.2 Å². The number of hydrogen-bond donors (Lipinski definition) is 1. The zero-order valence-corrected chi connectivity index (χ0v) is 14.2. The highest BCUT2D eigenvalue weighted by Crippen LogP contribution is 2.39. The summed E-state index contributed by atoms with van der Waals surface area (Å²) in [5, 5.41) is 9.15. The van der Waals surface area contributed by atoms with Crippen LogP contribution in [0, 0.1) is 0 Å². The molecular weight excluding hydrogens is 315 g/mol.